The minimum atomic E-state index is -4.76. The van der Waals surface area contributed by atoms with E-state index >= 15 is 0 Å². The van der Waals surface area contributed by atoms with Gasteiger partial charge >= 0.3 is 6.36 Å². The van der Waals surface area contributed by atoms with Crippen molar-refractivity contribution in [3.8, 4) is 11.6 Å². The monoisotopic (exact) mass is 442 g/mol. The van der Waals surface area contributed by atoms with Crippen LogP contribution in [0.15, 0.2) is 65.9 Å². The summed E-state index contributed by atoms with van der Waals surface area (Å²) in [5.41, 5.74) is 2.25. The third kappa shape index (κ3) is 3.79. The molecule has 3 aliphatic heterocycles. The van der Waals surface area contributed by atoms with Crippen LogP contribution in [0.1, 0.15) is 18.4 Å². The molecule has 32 heavy (non-hydrogen) atoms. The molecule has 3 aliphatic rings. The van der Waals surface area contributed by atoms with Crippen LogP contribution in [0.5, 0.6) is 11.6 Å². The molecule has 2 unspecified atom stereocenters. The largest absolute Gasteiger partial charge is 0.573 e. The Hall–Kier alpha value is -3.49. The molecular formula is C23H21F3N4O2. The summed E-state index contributed by atoms with van der Waals surface area (Å²) in [4.78, 5) is 13.1. The lowest BCUT2D eigenvalue weighted by Crippen LogP contribution is -2.53. The van der Waals surface area contributed by atoms with Crippen molar-refractivity contribution in [3.05, 3.63) is 66.5 Å². The van der Waals surface area contributed by atoms with Crippen LogP contribution in [0.4, 0.5) is 18.9 Å². The molecule has 0 radical (unpaired) electrons. The fourth-order valence-corrected chi connectivity index (χ4v) is 4.44. The molecule has 1 aromatic heterocycles. The summed E-state index contributed by atoms with van der Waals surface area (Å²) in [5.74, 6) is 1.12. The van der Waals surface area contributed by atoms with E-state index in [2.05, 4.69) is 9.72 Å². The van der Waals surface area contributed by atoms with Crippen LogP contribution in [0.25, 0.3) is 5.57 Å². The Morgan fingerprint density at radius 3 is 2.69 bits per heavy atom. The second-order valence-corrected chi connectivity index (χ2v) is 7.73. The fraction of sp³-hybridized carbons (Fsp3) is 0.304. The van der Waals surface area contributed by atoms with Crippen molar-refractivity contribution in [3.63, 3.8) is 0 Å². The molecule has 0 bridgehead atoms. The molecule has 0 saturated carbocycles. The van der Waals surface area contributed by atoms with Gasteiger partial charge in [0.1, 0.15) is 12.0 Å². The molecule has 0 aliphatic carbocycles. The zero-order valence-corrected chi connectivity index (χ0v) is 17.3. The zero-order valence-electron chi connectivity index (χ0n) is 17.3. The third-order valence-corrected chi connectivity index (χ3v) is 5.78. The molecule has 4 heterocycles. The van der Waals surface area contributed by atoms with Crippen molar-refractivity contribution in [1.29, 1.82) is 0 Å². The number of allylic oxidation sites excluding steroid dienone is 2. The molecule has 2 aromatic rings. The van der Waals surface area contributed by atoms with Crippen LogP contribution in [-0.4, -0.2) is 47.9 Å². The number of pyridine rings is 1. The maximum absolute atomic E-state index is 13.0. The molecule has 0 spiro atoms. The lowest BCUT2D eigenvalue weighted by Gasteiger charge is -2.43. The van der Waals surface area contributed by atoms with Gasteiger partial charge in [-0.15, -0.1) is 13.2 Å². The lowest BCUT2D eigenvalue weighted by molar-refractivity contribution is -0.274. The summed E-state index contributed by atoms with van der Waals surface area (Å²) in [7, 11) is 1.56. The van der Waals surface area contributed by atoms with Crippen molar-refractivity contribution < 1.29 is 22.6 Å². The number of ether oxygens (including phenoxy) is 2. The van der Waals surface area contributed by atoms with Gasteiger partial charge in [0.05, 0.1) is 18.8 Å². The second-order valence-electron chi connectivity index (χ2n) is 7.73. The molecule has 166 valence electrons. The van der Waals surface area contributed by atoms with Gasteiger partial charge in [0.25, 0.3) is 0 Å². The molecular weight excluding hydrogens is 421 g/mol. The van der Waals surface area contributed by atoms with E-state index in [1.54, 1.807) is 37.6 Å². The van der Waals surface area contributed by atoms with E-state index in [1.807, 2.05) is 34.2 Å². The Kier molecular flexibility index (Phi) is 5.03. The fourth-order valence-electron chi connectivity index (χ4n) is 4.44. The number of nitrogens with zero attached hydrogens (tertiary/aromatic N) is 4. The Labute approximate surface area is 183 Å². The number of hydrogen-bond donors (Lipinski definition) is 0. The molecule has 5 rings (SSSR count). The van der Waals surface area contributed by atoms with Crippen LogP contribution < -0.4 is 14.4 Å². The van der Waals surface area contributed by atoms with E-state index in [9.17, 15) is 13.2 Å². The highest BCUT2D eigenvalue weighted by Gasteiger charge is 2.43. The molecule has 0 amide bonds. The molecule has 6 nitrogen and oxygen atoms in total. The topological polar surface area (TPSA) is 50.2 Å². The Morgan fingerprint density at radius 1 is 1.09 bits per heavy atom. The van der Waals surface area contributed by atoms with Crippen molar-refractivity contribution in [1.82, 2.24) is 9.88 Å². The van der Waals surface area contributed by atoms with Gasteiger partial charge in [0.2, 0.25) is 5.88 Å². The minimum Gasteiger partial charge on any atom is -0.481 e. The zero-order chi connectivity index (χ0) is 22.3. The Morgan fingerprint density at radius 2 is 1.94 bits per heavy atom. The Balaban J connectivity index is 1.49. The van der Waals surface area contributed by atoms with Crippen LogP contribution >= 0.6 is 0 Å². The standard InChI is InChI=1S/C23H21F3N4O2/c1-31-21-11-9-15(13-27-21)16-8-10-20-28-17-5-4-12-29(22(17)30(20)14-16)18-6-2-3-7-19(18)32-23(24,25)26/h2-3,6-11,13-14,17,22H,4-5,12H2,1H3. The number of methoxy groups -OCH3 is 1. The SMILES string of the molecule is COc1ccc(C2=CN3C(=NC4CCCN(c5ccccc5OC(F)(F)F)C43)C=C2)cn1. The molecule has 1 aromatic carbocycles. The van der Waals surface area contributed by atoms with E-state index in [0.717, 1.165) is 29.8 Å². The molecule has 9 heteroatoms. The first-order valence-corrected chi connectivity index (χ1v) is 10.3. The van der Waals surface area contributed by atoms with Crippen LogP contribution in [0.2, 0.25) is 0 Å². The lowest BCUT2D eigenvalue weighted by atomic mass is 10.0. The number of rotatable bonds is 4. The van der Waals surface area contributed by atoms with E-state index < -0.39 is 6.36 Å². The van der Waals surface area contributed by atoms with E-state index in [1.165, 1.54) is 6.07 Å². The van der Waals surface area contributed by atoms with Gasteiger partial charge in [0.15, 0.2) is 5.75 Å². The maximum Gasteiger partial charge on any atom is 0.573 e. The van der Waals surface area contributed by atoms with Crippen molar-refractivity contribution in [2.24, 2.45) is 4.99 Å². The van der Waals surface area contributed by atoms with Gasteiger partial charge in [0, 0.05) is 30.6 Å². The first-order valence-electron chi connectivity index (χ1n) is 10.3. The van der Waals surface area contributed by atoms with Gasteiger partial charge in [-0.1, -0.05) is 12.1 Å². The number of halogens is 3. The summed E-state index contributed by atoms with van der Waals surface area (Å²) in [6.45, 7) is 0.607. The number of amidine groups is 1. The number of benzene rings is 1. The highest BCUT2D eigenvalue weighted by Crippen LogP contribution is 2.40. The van der Waals surface area contributed by atoms with Gasteiger partial charge in [-0.25, -0.2) is 4.98 Å². The van der Waals surface area contributed by atoms with Crippen molar-refractivity contribution >= 4 is 17.1 Å². The van der Waals surface area contributed by atoms with Crippen LogP contribution in [-0.2, 0) is 0 Å². The average Bonchev–Trinajstić information content (AvgIpc) is 3.16. The average molecular weight is 442 g/mol. The molecule has 1 fully saturated rings. The number of aliphatic imine (C=N–C) groups is 1. The molecule has 0 N–H and O–H groups in total. The predicted molar refractivity (Wildman–Crippen MR) is 114 cm³/mol. The quantitative estimate of drug-likeness (QED) is 0.692. The van der Waals surface area contributed by atoms with Gasteiger partial charge in [-0.2, -0.15) is 0 Å². The first kappa shape index (κ1) is 20.4. The van der Waals surface area contributed by atoms with E-state index in [0.29, 0.717) is 18.1 Å². The second kappa shape index (κ2) is 7.89. The highest BCUT2D eigenvalue weighted by molar-refractivity contribution is 6.01. The van der Waals surface area contributed by atoms with Crippen molar-refractivity contribution in [2.45, 2.75) is 31.4 Å². The minimum absolute atomic E-state index is 0.0491. The number of para-hydroxylation sites is 2. The molecule has 1 saturated heterocycles. The number of fused-ring (bicyclic) bond motifs is 3. The highest BCUT2D eigenvalue weighted by atomic mass is 19.4. The summed E-state index contributed by atoms with van der Waals surface area (Å²) < 4.78 is 48.5. The summed E-state index contributed by atoms with van der Waals surface area (Å²) >= 11 is 0. The third-order valence-electron chi connectivity index (χ3n) is 5.78. The number of hydrogen-bond acceptors (Lipinski definition) is 6. The van der Waals surface area contributed by atoms with Gasteiger partial charge in [-0.05, 0) is 48.8 Å². The number of aromatic nitrogens is 1. The van der Waals surface area contributed by atoms with E-state index in [-0.39, 0.29) is 18.0 Å². The summed E-state index contributed by atoms with van der Waals surface area (Å²) in [5, 5.41) is 0. The molecule has 2 atom stereocenters. The normalized spacial score (nSPS) is 22.1. The maximum atomic E-state index is 13.0. The predicted octanol–water partition coefficient (Wildman–Crippen LogP) is 4.61. The number of piperidine rings is 1. The smallest absolute Gasteiger partial charge is 0.481 e. The number of anilines is 1. The number of alkyl halides is 3. The summed E-state index contributed by atoms with van der Waals surface area (Å²) in [6.07, 6.45) is 4.33. The first-order chi connectivity index (χ1) is 15.4. The Bertz CT molecular complexity index is 1100. The summed E-state index contributed by atoms with van der Waals surface area (Å²) in [6, 6.07) is 9.94. The van der Waals surface area contributed by atoms with Crippen molar-refractivity contribution in [2.75, 3.05) is 18.6 Å². The van der Waals surface area contributed by atoms with Gasteiger partial charge < -0.3 is 19.3 Å². The van der Waals surface area contributed by atoms with E-state index in [4.69, 9.17) is 9.73 Å². The van der Waals surface area contributed by atoms with Crippen LogP contribution in [0, 0.1) is 0 Å². The van der Waals surface area contributed by atoms with Gasteiger partial charge in [-0.3, -0.25) is 4.99 Å². The van der Waals surface area contributed by atoms with Crippen LogP contribution in [0.3, 0.4) is 0 Å².